The minimum atomic E-state index is -0.233. The van der Waals surface area contributed by atoms with Gasteiger partial charge in [-0.15, -0.1) is 0 Å². The quantitative estimate of drug-likeness (QED) is 0.884. The fraction of sp³-hybridized carbons (Fsp3) is 0.278. The molecule has 3 N–H and O–H groups in total. The molecule has 4 heteroatoms. The lowest BCUT2D eigenvalue weighted by Gasteiger charge is -2.15. The van der Waals surface area contributed by atoms with Crippen molar-refractivity contribution >= 4 is 11.6 Å². The molecule has 0 saturated carbocycles. The molecular weight excluding hydrogens is 276 g/mol. The van der Waals surface area contributed by atoms with Gasteiger partial charge in [0.25, 0.3) is 0 Å². The number of nitrogens with one attached hydrogen (secondary N) is 1. The molecule has 0 heterocycles. The zero-order chi connectivity index (χ0) is 16.1. The third-order valence-corrected chi connectivity index (χ3v) is 3.55. The third kappa shape index (κ3) is 4.33. The molecule has 0 aliphatic rings. The predicted octanol–water partition coefficient (Wildman–Crippen LogP) is 3.71. The lowest BCUT2D eigenvalue weighted by molar-refractivity contribution is -0.119. The van der Waals surface area contributed by atoms with Gasteiger partial charge in [-0.2, -0.15) is 0 Å². The van der Waals surface area contributed by atoms with Crippen molar-refractivity contribution in [1.82, 2.24) is 0 Å². The van der Waals surface area contributed by atoms with Gasteiger partial charge in [-0.3, -0.25) is 4.79 Å². The zero-order valence-corrected chi connectivity index (χ0v) is 13.2. The van der Waals surface area contributed by atoms with Crippen molar-refractivity contribution in [2.75, 3.05) is 5.32 Å². The van der Waals surface area contributed by atoms with Crippen LogP contribution in [0.15, 0.2) is 48.5 Å². The van der Waals surface area contributed by atoms with E-state index in [-0.39, 0.29) is 17.9 Å². The van der Waals surface area contributed by atoms with Crippen LogP contribution >= 0.6 is 0 Å². The van der Waals surface area contributed by atoms with Gasteiger partial charge in [0.05, 0.1) is 5.92 Å². The Morgan fingerprint density at radius 3 is 2.36 bits per heavy atom. The van der Waals surface area contributed by atoms with Gasteiger partial charge in [0, 0.05) is 11.7 Å². The molecule has 0 aromatic heterocycles. The summed E-state index contributed by atoms with van der Waals surface area (Å²) >= 11 is 0. The molecule has 0 aliphatic carbocycles. The first-order valence-corrected chi connectivity index (χ1v) is 7.37. The molecule has 2 atom stereocenters. The summed E-state index contributed by atoms with van der Waals surface area (Å²) < 4.78 is 5.77. The first-order valence-electron chi connectivity index (χ1n) is 7.37. The fourth-order valence-corrected chi connectivity index (χ4v) is 1.92. The molecule has 0 bridgehead atoms. The summed E-state index contributed by atoms with van der Waals surface area (Å²) in [6.45, 7) is 5.66. The van der Waals surface area contributed by atoms with Crippen molar-refractivity contribution in [2.45, 2.75) is 26.8 Å². The van der Waals surface area contributed by atoms with Crippen LogP contribution in [0.1, 0.15) is 19.4 Å². The highest BCUT2D eigenvalue weighted by atomic mass is 16.5. The number of rotatable bonds is 5. The van der Waals surface area contributed by atoms with E-state index < -0.39 is 0 Å². The second-order valence-corrected chi connectivity index (χ2v) is 5.58. The van der Waals surface area contributed by atoms with E-state index >= 15 is 0 Å². The van der Waals surface area contributed by atoms with E-state index in [0.717, 1.165) is 22.7 Å². The Hall–Kier alpha value is -2.33. The molecule has 0 spiro atoms. The van der Waals surface area contributed by atoms with Gasteiger partial charge in [0.2, 0.25) is 5.91 Å². The molecule has 116 valence electrons. The summed E-state index contributed by atoms with van der Waals surface area (Å²) in [6.07, 6.45) is 0. The predicted molar refractivity (Wildman–Crippen MR) is 89.1 cm³/mol. The highest BCUT2D eigenvalue weighted by Crippen LogP contribution is 2.23. The van der Waals surface area contributed by atoms with Crippen LogP contribution in [-0.4, -0.2) is 11.9 Å². The van der Waals surface area contributed by atoms with Crippen molar-refractivity contribution in [2.24, 2.45) is 11.7 Å². The zero-order valence-electron chi connectivity index (χ0n) is 13.2. The van der Waals surface area contributed by atoms with Crippen molar-refractivity contribution < 1.29 is 9.53 Å². The molecule has 2 aromatic rings. The molecule has 22 heavy (non-hydrogen) atoms. The van der Waals surface area contributed by atoms with E-state index in [4.69, 9.17) is 10.5 Å². The number of ether oxygens (including phenoxy) is 1. The lowest BCUT2D eigenvalue weighted by atomic mass is 10.0. The maximum Gasteiger partial charge on any atom is 0.228 e. The van der Waals surface area contributed by atoms with Crippen LogP contribution in [0, 0.1) is 12.8 Å². The molecule has 4 nitrogen and oxygen atoms in total. The molecule has 0 saturated heterocycles. The Balaban J connectivity index is 2.00. The maximum absolute atomic E-state index is 11.9. The highest BCUT2D eigenvalue weighted by molar-refractivity contribution is 5.92. The largest absolute Gasteiger partial charge is 0.457 e. The summed E-state index contributed by atoms with van der Waals surface area (Å²) in [4.78, 5) is 11.9. The smallest absolute Gasteiger partial charge is 0.228 e. The molecule has 2 aromatic carbocycles. The molecule has 1 amide bonds. The first-order chi connectivity index (χ1) is 10.5. The van der Waals surface area contributed by atoms with E-state index in [1.807, 2.05) is 69.3 Å². The summed E-state index contributed by atoms with van der Waals surface area (Å²) in [6, 6.07) is 15.0. The average Bonchev–Trinajstić information content (AvgIpc) is 2.48. The van der Waals surface area contributed by atoms with E-state index in [1.165, 1.54) is 0 Å². The standard InChI is InChI=1S/C18H22N2O2/c1-12-5-4-6-17(11-12)22-16-9-7-15(8-10-16)20-18(21)13(2)14(3)19/h4-11,13-14H,19H2,1-3H3,(H,20,21). The second kappa shape index (κ2) is 7.09. The van der Waals surface area contributed by atoms with Crippen molar-refractivity contribution in [3.63, 3.8) is 0 Å². The Kier molecular flexibility index (Phi) is 5.17. The first kappa shape index (κ1) is 16.0. The Morgan fingerprint density at radius 2 is 1.77 bits per heavy atom. The van der Waals surface area contributed by atoms with Crippen LogP contribution in [0.25, 0.3) is 0 Å². The van der Waals surface area contributed by atoms with Crippen molar-refractivity contribution in [1.29, 1.82) is 0 Å². The summed E-state index contributed by atoms with van der Waals surface area (Å²) in [5, 5.41) is 2.85. The molecule has 2 unspecified atom stereocenters. The van der Waals surface area contributed by atoms with Gasteiger partial charge in [0.15, 0.2) is 0 Å². The summed E-state index contributed by atoms with van der Waals surface area (Å²) in [5.41, 5.74) is 7.61. The van der Waals surface area contributed by atoms with Crippen LogP contribution in [0.3, 0.4) is 0 Å². The molecule has 0 radical (unpaired) electrons. The maximum atomic E-state index is 11.9. The van der Waals surface area contributed by atoms with Crippen LogP contribution in [0.2, 0.25) is 0 Å². The summed E-state index contributed by atoms with van der Waals surface area (Å²) in [7, 11) is 0. The molecule has 0 aliphatic heterocycles. The number of carbonyl (C=O) groups is 1. The number of amides is 1. The minimum absolute atomic E-state index is 0.0812. The number of anilines is 1. The van der Waals surface area contributed by atoms with Gasteiger partial charge in [-0.25, -0.2) is 0 Å². The third-order valence-electron chi connectivity index (χ3n) is 3.55. The minimum Gasteiger partial charge on any atom is -0.457 e. The van der Waals surface area contributed by atoms with Crippen LogP contribution in [0.5, 0.6) is 11.5 Å². The lowest BCUT2D eigenvalue weighted by Crippen LogP contribution is -2.34. The fourth-order valence-electron chi connectivity index (χ4n) is 1.92. The van der Waals surface area contributed by atoms with E-state index in [9.17, 15) is 4.79 Å². The van der Waals surface area contributed by atoms with Crippen molar-refractivity contribution in [3.05, 3.63) is 54.1 Å². The van der Waals surface area contributed by atoms with Crippen LogP contribution < -0.4 is 15.8 Å². The normalized spacial score (nSPS) is 13.3. The number of hydrogen-bond acceptors (Lipinski definition) is 3. The SMILES string of the molecule is Cc1cccc(Oc2ccc(NC(=O)C(C)C(C)N)cc2)c1. The van der Waals surface area contributed by atoms with Gasteiger partial charge in [0.1, 0.15) is 11.5 Å². The highest BCUT2D eigenvalue weighted by Gasteiger charge is 2.16. The Labute approximate surface area is 131 Å². The molecule has 2 rings (SSSR count). The Morgan fingerprint density at radius 1 is 1.09 bits per heavy atom. The van der Waals surface area contributed by atoms with E-state index in [2.05, 4.69) is 5.32 Å². The van der Waals surface area contributed by atoms with Gasteiger partial charge >= 0.3 is 0 Å². The number of carbonyl (C=O) groups excluding carboxylic acids is 1. The van der Waals surface area contributed by atoms with Crippen LogP contribution in [0.4, 0.5) is 5.69 Å². The Bertz CT molecular complexity index is 636. The van der Waals surface area contributed by atoms with E-state index in [1.54, 1.807) is 0 Å². The average molecular weight is 298 g/mol. The van der Waals surface area contributed by atoms with Gasteiger partial charge in [-0.1, -0.05) is 19.1 Å². The number of hydrogen-bond donors (Lipinski definition) is 2. The van der Waals surface area contributed by atoms with Crippen LogP contribution in [-0.2, 0) is 4.79 Å². The second-order valence-electron chi connectivity index (χ2n) is 5.58. The number of benzene rings is 2. The monoisotopic (exact) mass is 298 g/mol. The van der Waals surface area contributed by atoms with E-state index in [0.29, 0.717) is 0 Å². The molecular formula is C18H22N2O2. The number of nitrogens with two attached hydrogens (primary N) is 1. The molecule has 0 fully saturated rings. The van der Waals surface area contributed by atoms with Crippen molar-refractivity contribution in [3.8, 4) is 11.5 Å². The van der Waals surface area contributed by atoms with Gasteiger partial charge in [-0.05, 0) is 55.8 Å². The van der Waals surface area contributed by atoms with Gasteiger partial charge < -0.3 is 15.8 Å². The summed E-state index contributed by atoms with van der Waals surface area (Å²) in [5.74, 6) is 1.21. The number of aryl methyl sites for hydroxylation is 1. The topological polar surface area (TPSA) is 64.3 Å².